The Hall–Kier alpha value is -2.31. The number of hydrogen-bond donors (Lipinski definition) is 4. The fourth-order valence-electron chi connectivity index (χ4n) is 2.91. The molecule has 0 aromatic carbocycles. The number of H-pyrrole nitrogens is 1. The average molecular weight is 462 g/mol. The number of aliphatic hydroxyl groups is 1. The molecule has 2 heterocycles. The molecule has 1 saturated heterocycles. The summed E-state index contributed by atoms with van der Waals surface area (Å²) in [6, 6.07) is 1.12. The number of amides is 2. The van der Waals surface area contributed by atoms with E-state index < -0.39 is 49.1 Å². The number of hydrogen-bond acceptors (Lipinski definition) is 9. The molecule has 0 bridgehead atoms. The monoisotopic (exact) mass is 462 g/mol. The van der Waals surface area contributed by atoms with E-state index in [1.807, 2.05) is 0 Å². The minimum atomic E-state index is -3.42. The van der Waals surface area contributed by atoms with Crippen LogP contribution in [0.25, 0.3) is 0 Å². The molecular weight excluding hydrogens is 435 g/mol. The Morgan fingerprint density at radius 1 is 1.29 bits per heavy atom. The van der Waals surface area contributed by atoms with Crippen LogP contribution in [0.5, 0.6) is 0 Å². The third-order valence-corrected chi connectivity index (χ3v) is 6.14. The zero-order valence-corrected chi connectivity index (χ0v) is 18.1. The highest BCUT2D eigenvalue weighted by Crippen LogP contribution is 2.46. The van der Waals surface area contributed by atoms with E-state index in [1.54, 1.807) is 13.8 Å². The van der Waals surface area contributed by atoms with Crippen molar-refractivity contribution in [3.05, 3.63) is 33.1 Å². The van der Waals surface area contributed by atoms with Crippen LogP contribution in [0.1, 0.15) is 32.9 Å². The van der Waals surface area contributed by atoms with Gasteiger partial charge in [-0.1, -0.05) is 0 Å². The Morgan fingerprint density at radius 3 is 2.58 bits per heavy atom. The maximum Gasteiger partial charge on any atom is 0.349 e. The quantitative estimate of drug-likeness (QED) is 0.301. The molecule has 1 aromatic rings. The number of nitrogens with one attached hydrogen (secondary N) is 3. The highest BCUT2D eigenvalue weighted by Gasteiger charge is 2.40. The first-order chi connectivity index (χ1) is 14.7. The zero-order chi connectivity index (χ0) is 23.0. The Morgan fingerprint density at radius 2 is 1.97 bits per heavy atom. The van der Waals surface area contributed by atoms with Gasteiger partial charge < -0.3 is 29.5 Å². The molecule has 31 heavy (non-hydrogen) atoms. The second kappa shape index (κ2) is 11.3. The van der Waals surface area contributed by atoms with Crippen molar-refractivity contribution in [3.63, 3.8) is 0 Å². The third-order valence-electron chi connectivity index (χ3n) is 4.29. The summed E-state index contributed by atoms with van der Waals surface area (Å²) in [7, 11) is -3.42. The molecule has 0 radical (unpaired) electrons. The molecule has 0 unspecified atom stereocenters. The second-order valence-electron chi connectivity index (χ2n) is 6.58. The molecule has 2 amide bonds. The summed E-state index contributed by atoms with van der Waals surface area (Å²) in [6.07, 6.45) is -2.58. The van der Waals surface area contributed by atoms with E-state index in [2.05, 4.69) is 15.6 Å². The molecule has 0 saturated carbocycles. The zero-order valence-electron chi connectivity index (χ0n) is 17.2. The summed E-state index contributed by atoms with van der Waals surface area (Å²) in [6.45, 7) is 3.58. The minimum Gasteiger partial charge on any atom is -0.390 e. The summed E-state index contributed by atoms with van der Waals surface area (Å²) >= 11 is 0. The first-order valence-electron chi connectivity index (χ1n) is 9.76. The average Bonchev–Trinajstić information content (AvgIpc) is 3.08. The fraction of sp³-hybridized carbons (Fsp3) is 0.647. The summed E-state index contributed by atoms with van der Waals surface area (Å²) in [4.78, 5) is 49.3. The van der Waals surface area contributed by atoms with Crippen molar-refractivity contribution >= 4 is 19.4 Å². The van der Waals surface area contributed by atoms with Crippen molar-refractivity contribution in [2.45, 2.75) is 45.1 Å². The van der Waals surface area contributed by atoms with Crippen LogP contribution in [-0.4, -0.2) is 64.7 Å². The number of ether oxygens (including phenoxy) is 1. The van der Waals surface area contributed by atoms with Crippen molar-refractivity contribution in [2.24, 2.45) is 0 Å². The maximum atomic E-state index is 12.3. The van der Waals surface area contributed by atoms with Crippen LogP contribution >= 0.6 is 7.60 Å². The molecule has 2 rings (SSSR count). The van der Waals surface area contributed by atoms with Crippen LogP contribution in [-0.2, 0) is 27.9 Å². The molecule has 14 heteroatoms. The van der Waals surface area contributed by atoms with Gasteiger partial charge in [-0.2, -0.15) is 0 Å². The minimum absolute atomic E-state index is 0.0331. The van der Waals surface area contributed by atoms with E-state index in [-0.39, 0.29) is 38.9 Å². The Labute approximate surface area is 177 Å². The molecule has 0 aliphatic carbocycles. The van der Waals surface area contributed by atoms with Gasteiger partial charge in [-0.3, -0.25) is 28.5 Å². The van der Waals surface area contributed by atoms with E-state index in [4.69, 9.17) is 13.8 Å². The van der Waals surface area contributed by atoms with E-state index in [1.165, 1.54) is 6.20 Å². The lowest BCUT2D eigenvalue weighted by atomic mass is 10.1. The molecule has 1 fully saturated rings. The number of rotatable bonds is 11. The lowest BCUT2D eigenvalue weighted by Gasteiger charge is -2.18. The highest BCUT2D eigenvalue weighted by atomic mass is 31.2. The summed E-state index contributed by atoms with van der Waals surface area (Å²) < 4.78 is 28.9. The SMILES string of the molecule is CCOP(=O)(CNC(=O)CCNC(=O)[C@H]1O[C@@H](n2ccc(=O)[nH]c2=O)C[C@@H]1O)OCC. The van der Waals surface area contributed by atoms with Crippen LogP contribution < -0.4 is 21.9 Å². The number of nitrogens with zero attached hydrogens (tertiary/aromatic N) is 1. The van der Waals surface area contributed by atoms with Crippen molar-refractivity contribution in [1.82, 2.24) is 20.2 Å². The van der Waals surface area contributed by atoms with Gasteiger partial charge in [0.25, 0.3) is 11.5 Å². The largest absolute Gasteiger partial charge is 0.390 e. The van der Waals surface area contributed by atoms with Crippen LogP contribution in [0.15, 0.2) is 21.9 Å². The first kappa shape index (κ1) is 25.0. The summed E-state index contributed by atoms with van der Waals surface area (Å²) in [5, 5.41) is 15.0. The lowest BCUT2D eigenvalue weighted by molar-refractivity contribution is -0.137. The van der Waals surface area contributed by atoms with Crippen LogP contribution in [0.4, 0.5) is 0 Å². The van der Waals surface area contributed by atoms with Gasteiger partial charge in [0, 0.05) is 31.6 Å². The van der Waals surface area contributed by atoms with E-state index in [9.17, 15) is 28.8 Å². The number of aromatic nitrogens is 2. The molecule has 4 N–H and O–H groups in total. The van der Waals surface area contributed by atoms with Gasteiger partial charge >= 0.3 is 13.3 Å². The topological polar surface area (TPSA) is 178 Å². The predicted molar refractivity (Wildman–Crippen MR) is 107 cm³/mol. The van der Waals surface area contributed by atoms with Gasteiger partial charge in [0.05, 0.1) is 19.3 Å². The molecular formula is C17H27N4O9P. The highest BCUT2D eigenvalue weighted by molar-refractivity contribution is 7.53. The molecule has 0 spiro atoms. The standard InChI is InChI=1S/C17H27N4O9P/c1-3-28-31(27,29-4-2)10-19-12(23)5-7-18-16(25)15-11(22)9-14(30-15)21-8-6-13(24)20-17(21)26/h6,8,11,14-15,22H,3-5,7,9-10H2,1-2H3,(H,18,25)(H,19,23)(H,20,24,26)/t11-,14+,15-/m0/s1. The Bertz CT molecular complexity index is 921. The number of aromatic amines is 1. The van der Waals surface area contributed by atoms with Gasteiger partial charge in [0.1, 0.15) is 12.5 Å². The van der Waals surface area contributed by atoms with Crippen LogP contribution in [0.2, 0.25) is 0 Å². The van der Waals surface area contributed by atoms with Crippen LogP contribution in [0, 0.1) is 0 Å². The molecule has 13 nitrogen and oxygen atoms in total. The Balaban J connectivity index is 1.80. The van der Waals surface area contributed by atoms with Gasteiger partial charge in [0.2, 0.25) is 5.91 Å². The maximum absolute atomic E-state index is 12.3. The van der Waals surface area contributed by atoms with Crippen molar-refractivity contribution in [1.29, 1.82) is 0 Å². The normalized spacial score (nSPS) is 21.1. The van der Waals surface area contributed by atoms with Gasteiger partial charge in [0.15, 0.2) is 6.10 Å². The van der Waals surface area contributed by atoms with Gasteiger partial charge in [-0.05, 0) is 13.8 Å². The first-order valence-corrected chi connectivity index (χ1v) is 11.5. The number of carbonyl (C=O) groups excluding carboxylic acids is 2. The predicted octanol–water partition coefficient (Wildman–Crippen LogP) is -0.969. The van der Waals surface area contributed by atoms with Crippen molar-refractivity contribution < 1.29 is 33.0 Å². The summed E-state index contributed by atoms with van der Waals surface area (Å²) in [5.74, 6) is -1.14. The van der Waals surface area contributed by atoms with Gasteiger partial charge in [-0.15, -0.1) is 0 Å². The smallest absolute Gasteiger partial charge is 0.349 e. The van der Waals surface area contributed by atoms with Gasteiger partial charge in [-0.25, -0.2) is 4.79 Å². The van der Waals surface area contributed by atoms with E-state index >= 15 is 0 Å². The number of carbonyl (C=O) groups is 2. The molecule has 1 aromatic heterocycles. The number of aliphatic hydroxyl groups excluding tert-OH is 1. The molecule has 1 aliphatic rings. The van der Waals surface area contributed by atoms with E-state index in [0.29, 0.717) is 0 Å². The molecule has 3 atom stereocenters. The fourth-order valence-corrected chi connectivity index (χ4v) is 4.32. The van der Waals surface area contributed by atoms with Crippen LogP contribution in [0.3, 0.4) is 0 Å². The van der Waals surface area contributed by atoms with E-state index in [0.717, 1.165) is 10.6 Å². The Kier molecular flexibility index (Phi) is 9.14. The lowest BCUT2D eigenvalue weighted by Crippen LogP contribution is -2.41. The molecule has 174 valence electrons. The molecule has 1 aliphatic heterocycles. The summed E-state index contributed by atoms with van der Waals surface area (Å²) in [5.41, 5.74) is -1.30. The van der Waals surface area contributed by atoms with Crippen molar-refractivity contribution in [2.75, 3.05) is 26.0 Å². The second-order valence-corrected chi connectivity index (χ2v) is 8.63. The third kappa shape index (κ3) is 7.11. The van der Waals surface area contributed by atoms with Crippen molar-refractivity contribution in [3.8, 4) is 0 Å².